The maximum absolute atomic E-state index is 11.8. The maximum atomic E-state index is 11.8. The van der Waals surface area contributed by atoms with E-state index in [1.807, 2.05) is 18.2 Å². The number of esters is 1. The van der Waals surface area contributed by atoms with Crippen molar-refractivity contribution in [1.82, 2.24) is 4.90 Å². The molecule has 1 saturated heterocycles. The van der Waals surface area contributed by atoms with Crippen molar-refractivity contribution in [2.45, 2.75) is 12.3 Å². The predicted molar refractivity (Wildman–Crippen MR) is 66.8 cm³/mol. The Morgan fingerprint density at radius 2 is 2.06 bits per heavy atom. The zero-order valence-corrected chi connectivity index (χ0v) is 10.4. The van der Waals surface area contributed by atoms with E-state index in [9.17, 15) is 4.79 Å². The molecule has 1 fully saturated rings. The van der Waals surface area contributed by atoms with E-state index in [1.54, 1.807) is 0 Å². The largest absolute Gasteiger partial charge is 0.469 e. The lowest BCUT2D eigenvalue weighted by atomic mass is 9.80. The van der Waals surface area contributed by atoms with Gasteiger partial charge in [-0.3, -0.25) is 4.79 Å². The topological polar surface area (TPSA) is 29.5 Å². The molecule has 0 unspecified atom stereocenters. The number of carbonyl (C=O) groups is 1. The van der Waals surface area contributed by atoms with Gasteiger partial charge in [-0.1, -0.05) is 30.3 Å². The molecular weight excluding hydrogens is 214 g/mol. The molecule has 0 aromatic heterocycles. The third kappa shape index (κ3) is 2.67. The van der Waals surface area contributed by atoms with Crippen LogP contribution in [0.4, 0.5) is 0 Å². The summed E-state index contributed by atoms with van der Waals surface area (Å²) in [7, 11) is 3.52. The molecule has 1 aromatic rings. The molecule has 17 heavy (non-hydrogen) atoms. The van der Waals surface area contributed by atoms with Gasteiger partial charge in [-0.25, -0.2) is 0 Å². The van der Waals surface area contributed by atoms with Crippen LogP contribution in [0.3, 0.4) is 0 Å². The average molecular weight is 233 g/mol. The highest BCUT2D eigenvalue weighted by molar-refractivity contribution is 5.74. The molecule has 2 rings (SSSR count). The number of ether oxygens (including phenoxy) is 1. The highest BCUT2D eigenvalue weighted by Gasteiger charge is 2.34. The maximum Gasteiger partial charge on any atom is 0.310 e. The molecule has 1 aliphatic heterocycles. The minimum Gasteiger partial charge on any atom is -0.469 e. The van der Waals surface area contributed by atoms with Gasteiger partial charge in [0, 0.05) is 6.54 Å². The van der Waals surface area contributed by atoms with Crippen LogP contribution in [0.5, 0.6) is 0 Å². The summed E-state index contributed by atoms with van der Waals surface area (Å²) in [6.07, 6.45) is 1.01. The Kier molecular flexibility index (Phi) is 3.79. The summed E-state index contributed by atoms with van der Waals surface area (Å²) in [5.74, 6) is 0.159. The third-order valence-electron chi connectivity index (χ3n) is 3.55. The predicted octanol–water partition coefficient (Wildman–Crippen LogP) is 1.89. The molecule has 92 valence electrons. The zero-order valence-electron chi connectivity index (χ0n) is 10.4. The van der Waals surface area contributed by atoms with Crippen molar-refractivity contribution in [1.29, 1.82) is 0 Å². The number of rotatable bonds is 2. The van der Waals surface area contributed by atoms with Crippen molar-refractivity contribution in [3.63, 3.8) is 0 Å². The van der Waals surface area contributed by atoms with E-state index in [-0.39, 0.29) is 11.9 Å². The van der Waals surface area contributed by atoms with Crippen molar-refractivity contribution >= 4 is 5.97 Å². The van der Waals surface area contributed by atoms with Crippen molar-refractivity contribution in [3.8, 4) is 0 Å². The Labute approximate surface area is 102 Å². The van der Waals surface area contributed by atoms with E-state index in [0.717, 1.165) is 19.5 Å². The van der Waals surface area contributed by atoms with Crippen LogP contribution in [0.15, 0.2) is 30.3 Å². The molecular formula is C14H19NO2. The van der Waals surface area contributed by atoms with Crippen LogP contribution in [0.1, 0.15) is 17.9 Å². The van der Waals surface area contributed by atoms with Gasteiger partial charge in [0.25, 0.3) is 0 Å². The molecule has 0 spiro atoms. The van der Waals surface area contributed by atoms with E-state index >= 15 is 0 Å². The molecule has 1 aliphatic rings. The lowest BCUT2D eigenvalue weighted by molar-refractivity contribution is -0.148. The van der Waals surface area contributed by atoms with Gasteiger partial charge in [-0.15, -0.1) is 0 Å². The number of nitrogens with zero attached hydrogens (tertiary/aromatic N) is 1. The molecule has 0 radical (unpaired) electrons. The van der Waals surface area contributed by atoms with Gasteiger partial charge in [0.1, 0.15) is 0 Å². The normalized spacial score (nSPS) is 25.5. The van der Waals surface area contributed by atoms with Gasteiger partial charge in [0.15, 0.2) is 0 Å². The Hall–Kier alpha value is -1.35. The Morgan fingerprint density at radius 3 is 2.71 bits per heavy atom. The second-order valence-electron chi connectivity index (χ2n) is 4.70. The number of hydrogen-bond donors (Lipinski definition) is 0. The van der Waals surface area contributed by atoms with Crippen LogP contribution in [0.25, 0.3) is 0 Å². The summed E-state index contributed by atoms with van der Waals surface area (Å²) >= 11 is 0. The third-order valence-corrected chi connectivity index (χ3v) is 3.55. The van der Waals surface area contributed by atoms with Crippen molar-refractivity contribution < 1.29 is 9.53 Å². The van der Waals surface area contributed by atoms with E-state index in [2.05, 4.69) is 24.1 Å². The van der Waals surface area contributed by atoms with Crippen molar-refractivity contribution in [2.24, 2.45) is 5.92 Å². The van der Waals surface area contributed by atoms with E-state index in [4.69, 9.17) is 4.74 Å². The standard InChI is InChI=1S/C14H19NO2/c1-15-9-8-12(11-6-4-3-5-7-11)13(10-15)14(16)17-2/h3-7,12-13H,8-10H2,1-2H3/t12-,13+/m1/s1. The van der Waals surface area contributed by atoms with Gasteiger partial charge < -0.3 is 9.64 Å². The fourth-order valence-electron chi connectivity index (χ4n) is 2.60. The second kappa shape index (κ2) is 5.32. The van der Waals surface area contributed by atoms with Gasteiger partial charge >= 0.3 is 5.97 Å². The minimum atomic E-state index is -0.0922. The van der Waals surface area contributed by atoms with Crippen LogP contribution in [-0.4, -0.2) is 38.1 Å². The summed E-state index contributed by atoms with van der Waals surface area (Å²) in [6.45, 7) is 1.82. The number of carbonyl (C=O) groups excluding carboxylic acids is 1. The Morgan fingerprint density at radius 1 is 1.35 bits per heavy atom. The molecule has 0 bridgehead atoms. The highest BCUT2D eigenvalue weighted by Crippen LogP contribution is 2.33. The van der Waals surface area contributed by atoms with Crippen LogP contribution in [-0.2, 0) is 9.53 Å². The van der Waals surface area contributed by atoms with E-state index in [0.29, 0.717) is 5.92 Å². The fraction of sp³-hybridized carbons (Fsp3) is 0.500. The fourth-order valence-corrected chi connectivity index (χ4v) is 2.60. The molecule has 1 aromatic carbocycles. The lowest BCUT2D eigenvalue weighted by Crippen LogP contribution is -2.41. The zero-order chi connectivity index (χ0) is 12.3. The first-order valence-electron chi connectivity index (χ1n) is 6.03. The first kappa shape index (κ1) is 12.1. The first-order valence-corrected chi connectivity index (χ1v) is 6.03. The van der Waals surface area contributed by atoms with Gasteiger partial charge in [-0.05, 0) is 31.5 Å². The number of benzene rings is 1. The summed E-state index contributed by atoms with van der Waals surface area (Å²) in [6, 6.07) is 10.3. The van der Waals surface area contributed by atoms with Gasteiger partial charge in [-0.2, -0.15) is 0 Å². The molecule has 2 atom stereocenters. The monoisotopic (exact) mass is 233 g/mol. The Bertz CT molecular complexity index is 377. The van der Waals surface area contributed by atoms with E-state index < -0.39 is 0 Å². The van der Waals surface area contributed by atoms with Crippen LogP contribution in [0, 0.1) is 5.92 Å². The average Bonchev–Trinajstić information content (AvgIpc) is 2.38. The van der Waals surface area contributed by atoms with Crippen LogP contribution < -0.4 is 0 Å². The van der Waals surface area contributed by atoms with Crippen LogP contribution in [0.2, 0.25) is 0 Å². The summed E-state index contributed by atoms with van der Waals surface area (Å²) in [5.41, 5.74) is 1.25. The molecule has 0 saturated carbocycles. The quantitative estimate of drug-likeness (QED) is 0.731. The molecule has 3 nitrogen and oxygen atoms in total. The number of likely N-dealkylation sites (tertiary alicyclic amines) is 1. The second-order valence-corrected chi connectivity index (χ2v) is 4.70. The van der Waals surface area contributed by atoms with Crippen molar-refractivity contribution in [2.75, 3.05) is 27.2 Å². The number of methoxy groups -OCH3 is 1. The highest BCUT2D eigenvalue weighted by atomic mass is 16.5. The van der Waals surface area contributed by atoms with Gasteiger partial charge in [0.2, 0.25) is 0 Å². The molecule has 0 N–H and O–H groups in total. The summed E-state index contributed by atoms with van der Waals surface area (Å²) in [4.78, 5) is 14.0. The Balaban J connectivity index is 2.22. The minimum absolute atomic E-state index is 0.0406. The SMILES string of the molecule is COC(=O)[C@H]1CN(C)CC[C@@H]1c1ccccc1. The van der Waals surface area contributed by atoms with Crippen LogP contribution >= 0.6 is 0 Å². The molecule has 1 heterocycles. The van der Waals surface area contributed by atoms with Gasteiger partial charge in [0.05, 0.1) is 13.0 Å². The smallest absolute Gasteiger partial charge is 0.310 e. The van der Waals surface area contributed by atoms with Crippen molar-refractivity contribution in [3.05, 3.63) is 35.9 Å². The van der Waals surface area contributed by atoms with E-state index in [1.165, 1.54) is 12.7 Å². The first-order chi connectivity index (χ1) is 8.22. The number of hydrogen-bond acceptors (Lipinski definition) is 3. The number of piperidine rings is 1. The molecule has 3 heteroatoms. The molecule has 0 aliphatic carbocycles. The molecule has 0 amide bonds. The summed E-state index contributed by atoms with van der Waals surface area (Å²) < 4.78 is 4.92. The lowest BCUT2D eigenvalue weighted by Gasteiger charge is -2.35. The summed E-state index contributed by atoms with van der Waals surface area (Å²) in [5, 5.41) is 0.